The van der Waals surface area contributed by atoms with Crippen LogP contribution in [0.5, 0.6) is 0 Å². The standard InChI is InChI=1S/C16H22BrN5O2S/c1-10(16(2,3)23)20-14-13(17)9-19-15(22-14)21-11-6-5-7-12(8-11)25(4,18)24/h5-10,23H,4H2,1-3H3,(H2,18,24)(H2,19,20,21,22)/t10-,25?/m1/s1. The van der Waals surface area contributed by atoms with Gasteiger partial charge in [0.25, 0.3) is 0 Å². The minimum absolute atomic E-state index is 0.233. The fourth-order valence-corrected chi connectivity index (χ4v) is 2.77. The first kappa shape index (κ1) is 19.6. The molecule has 0 saturated heterocycles. The lowest BCUT2D eigenvalue weighted by molar-refractivity contribution is 0.0647. The van der Waals surface area contributed by atoms with E-state index in [0.29, 0.717) is 26.8 Å². The van der Waals surface area contributed by atoms with Gasteiger partial charge in [0.05, 0.1) is 25.8 Å². The van der Waals surface area contributed by atoms with Crippen LogP contribution in [-0.4, -0.2) is 36.8 Å². The molecule has 0 aliphatic rings. The van der Waals surface area contributed by atoms with E-state index in [1.165, 1.54) is 0 Å². The van der Waals surface area contributed by atoms with Gasteiger partial charge in [0.15, 0.2) is 0 Å². The van der Waals surface area contributed by atoms with Crippen LogP contribution in [0.15, 0.2) is 39.8 Å². The molecule has 0 amide bonds. The SMILES string of the molecule is C=S(N)(=O)c1cccc(Nc2ncc(Br)c(N[C@H](C)C(C)(C)O)n2)c1. The van der Waals surface area contributed by atoms with E-state index >= 15 is 0 Å². The van der Waals surface area contributed by atoms with Crippen LogP contribution in [0.25, 0.3) is 0 Å². The Hall–Kier alpha value is -1.68. The zero-order valence-electron chi connectivity index (χ0n) is 14.3. The summed E-state index contributed by atoms with van der Waals surface area (Å²) in [7, 11) is -2.79. The number of hydrogen-bond acceptors (Lipinski definition) is 6. The molecule has 1 aromatic carbocycles. The van der Waals surface area contributed by atoms with Crippen molar-refractivity contribution in [2.75, 3.05) is 10.6 Å². The Morgan fingerprint density at radius 1 is 1.44 bits per heavy atom. The molecule has 2 rings (SSSR count). The third-order valence-corrected chi connectivity index (χ3v) is 5.28. The van der Waals surface area contributed by atoms with Gasteiger partial charge < -0.3 is 15.7 Å². The van der Waals surface area contributed by atoms with Gasteiger partial charge in [-0.2, -0.15) is 4.98 Å². The Bertz CT molecular complexity index is 865. The monoisotopic (exact) mass is 427 g/mol. The third-order valence-electron chi connectivity index (χ3n) is 3.65. The molecule has 0 saturated carbocycles. The van der Waals surface area contributed by atoms with Crippen LogP contribution in [0.3, 0.4) is 0 Å². The molecule has 9 heteroatoms. The predicted molar refractivity (Wildman–Crippen MR) is 107 cm³/mol. The van der Waals surface area contributed by atoms with Crippen LogP contribution in [0.1, 0.15) is 20.8 Å². The van der Waals surface area contributed by atoms with E-state index in [1.54, 1.807) is 44.3 Å². The predicted octanol–water partition coefficient (Wildman–Crippen LogP) is 2.50. The number of benzene rings is 1. The number of nitrogens with two attached hydrogens (primary N) is 1. The Labute approximate surface area is 156 Å². The van der Waals surface area contributed by atoms with Crippen LogP contribution in [-0.2, 0) is 9.71 Å². The largest absolute Gasteiger partial charge is 0.388 e. The first-order chi connectivity index (χ1) is 11.5. The van der Waals surface area contributed by atoms with Gasteiger partial charge >= 0.3 is 0 Å². The number of nitrogens with one attached hydrogen (secondary N) is 2. The highest BCUT2D eigenvalue weighted by atomic mass is 79.9. The summed E-state index contributed by atoms with van der Waals surface area (Å²) in [6.45, 7) is 5.29. The average molecular weight is 428 g/mol. The van der Waals surface area contributed by atoms with E-state index in [1.807, 2.05) is 6.92 Å². The van der Waals surface area contributed by atoms with Gasteiger partial charge in [0, 0.05) is 16.8 Å². The van der Waals surface area contributed by atoms with Crippen molar-refractivity contribution in [3.63, 3.8) is 0 Å². The highest BCUT2D eigenvalue weighted by Crippen LogP contribution is 2.25. The molecule has 0 spiro atoms. The second-order valence-corrected chi connectivity index (χ2v) is 9.07. The second kappa shape index (κ2) is 7.28. The first-order valence-corrected chi connectivity index (χ1v) is 10.1. The summed E-state index contributed by atoms with van der Waals surface area (Å²) in [5.41, 5.74) is -0.273. The summed E-state index contributed by atoms with van der Waals surface area (Å²) < 4.78 is 12.5. The molecular formula is C16H22BrN5O2S. The van der Waals surface area contributed by atoms with Crippen molar-refractivity contribution >= 4 is 49.0 Å². The highest BCUT2D eigenvalue weighted by Gasteiger charge is 2.23. The molecule has 0 bridgehead atoms. The molecule has 1 heterocycles. The van der Waals surface area contributed by atoms with Crippen LogP contribution >= 0.6 is 15.9 Å². The zero-order chi connectivity index (χ0) is 18.8. The van der Waals surface area contributed by atoms with E-state index in [2.05, 4.69) is 42.4 Å². The molecule has 0 radical (unpaired) electrons. The lowest BCUT2D eigenvalue weighted by atomic mass is 10.0. The van der Waals surface area contributed by atoms with Gasteiger partial charge in [0.1, 0.15) is 5.82 Å². The van der Waals surface area contributed by atoms with Gasteiger partial charge in [0.2, 0.25) is 5.95 Å². The topological polar surface area (TPSA) is 113 Å². The number of halogens is 1. The van der Waals surface area contributed by atoms with Gasteiger partial charge in [-0.25, -0.2) is 9.19 Å². The van der Waals surface area contributed by atoms with Crippen molar-refractivity contribution in [3.05, 3.63) is 34.9 Å². The molecule has 1 unspecified atom stereocenters. The molecule has 25 heavy (non-hydrogen) atoms. The Kier molecular flexibility index (Phi) is 5.72. The fraction of sp³-hybridized carbons (Fsp3) is 0.312. The van der Waals surface area contributed by atoms with E-state index in [-0.39, 0.29) is 6.04 Å². The lowest BCUT2D eigenvalue weighted by Gasteiger charge is -2.27. The maximum atomic E-state index is 11.9. The number of anilines is 3. The van der Waals surface area contributed by atoms with Crippen molar-refractivity contribution < 1.29 is 9.32 Å². The number of hydrogen-bond donors (Lipinski definition) is 4. The van der Waals surface area contributed by atoms with E-state index in [4.69, 9.17) is 5.14 Å². The minimum Gasteiger partial charge on any atom is -0.388 e. The van der Waals surface area contributed by atoms with Gasteiger partial charge in [-0.1, -0.05) is 6.07 Å². The van der Waals surface area contributed by atoms with Gasteiger partial charge in [-0.3, -0.25) is 5.14 Å². The summed E-state index contributed by atoms with van der Waals surface area (Å²) in [6.07, 6.45) is 1.60. The van der Waals surface area contributed by atoms with Gasteiger partial charge in [-0.15, -0.1) is 0 Å². The fourth-order valence-electron chi connectivity index (χ4n) is 1.83. The van der Waals surface area contributed by atoms with E-state index < -0.39 is 15.3 Å². The quantitative estimate of drug-likeness (QED) is 0.526. The normalized spacial score (nSPS) is 15.3. The smallest absolute Gasteiger partial charge is 0.229 e. The number of aromatic nitrogens is 2. The Morgan fingerprint density at radius 3 is 2.72 bits per heavy atom. The van der Waals surface area contributed by atoms with Crippen LogP contribution in [0.4, 0.5) is 17.5 Å². The molecule has 1 aromatic heterocycles. The number of rotatable bonds is 6. The van der Waals surface area contributed by atoms with E-state index in [9.17, 15) is 9.32 Å². The van der Waals surface area contributed by atoms with Crippen molar-refractivity contribution in [1.82, 2.24) is 9.97 Å². The van der Waals surface area contributed by atoms with Crippen molar-refractivity contribution in [2.45, 2.75) is 37.3 Å². The number of aliphatic hydroxyl groups is 1. The highest BCUT2D eigenvalue weighted by molar-refractivity contribution is 9.10. The van der Waals surface area contributed by atoms with Crippen LogP contribution < -0.4 is 15.8 Å². The van der Waals surface area contributed by atoms with Gasteiger partial charge in [-0.05, 0) is 60.8 Å². The summed E-state index contributed by atoms with van der Waals surface area (Å²) in [5.74, 6) is 4.37. The number of nitrogens with zero attached hydrogens (tertiary/aromatic N) is 2. The Morgan fingerprint density at radius 2 is 2.12 bits per heavy atom. The second-order valence-electron chi connectivity index (χ2n) is 6.29. The molecule has 0 aliphatic carbocycles. The van der Waals surface area contributed by atoms with Crippen LogP contribution in [0.2, 0.25) is 0 Å². The molecule has 2 aromatic rings. The van der Waals surface area contributed by atoms with E-state index in [0.717, 1.165) is 0 Å². The molecule has 136 valence electrons. The molecule has 7 nitrogen and oxygen atoms in total. The minimum atomic E-state index is -2.79. The Balaban J connectivity index is 2.26. The average Bonchev–Trinajstić information content (AvgIpc) is 2.49. The molecule has 5 N–H and O–H groups in total. The lowest BCUT2D eigenvalue weighted by Crippen LogP contribution is -2.39. The third kappa shape index (κ3) is 5.40. The van der Waals surface area contributed by atoms with Crippen molar-refractivity contribution in [1.29, 1.82) is 0 Å². The van der Waals surface area contributed by atoms with Crippen molar-refractivity contribution in [3.8, 4) is 0 Å². The maximum absolute atomic E-state index is 11.9. The van der Waals surface area contributed by atoms with Crippen molar-refractivity contribution in [2.24, 2.45) is 5.14 Å². The molecular weight excluding hydrogens is 406 g/mol. The summed E-state index contributed by atoms with van der Waals surface area (Å²) in [4.78, 5) is 9.04. The molecule has 2 atom stereocenters. The first-order valence-electron chi connectivity index (χ1n) is 7.50. The molecule has 0 aliphatic heterocycles. The van der Waals surface area contributed by atoms with Crippen LogP contribution in [0, 0.1) is 0 Å². The summed E-state index contributed by atoms with van der Waals surface area (Å²) in [5, 5.41) is 21.8. The molecule has 0 fully saturated rings. The summed E-state index contributed by atoms with van der Waals surface area (Å²) in [6, 6.07) is 6.58. The maximum Gasteiger partial charge on any atom is 0.229 e. The zero-order valence-corrected chi connectivity index (χ0v) is 16.7. The summed E-state index contributed by atoms with van der Waals surface area (Å²) >= 11 is 3.39.